The predicted octanol–water partition coefficient (Wildman–Crippen LogP) is 3.80. The Bertz CT molecular complexity index is 1020. The van der Waals surface area contributed by atoms with Crippen molar-refractivity contribution in [2.24, 2.45) is 5.10 Å². The molecule has 1 N–H and O–H groups in total. The maximum atomic E-state index is 13.1. The zero-order valence-electron chi connectivity index (χ0n) is 18.1. The molecule has 1 fully saturated rings. The maximum Gasteiger partial charge on any atom is 0.271 e. The summed E-state index contributed by atoms with van der Waals surface area (Å²) in [6, 6.07) is 12.0. The number of nitrogens with zero attached hydrogens (tertiary/aromatic N) is 3. The Morgan fingerprint density at radius 2 is 1.78 bits per heavy atom. The number of hydrazone groups is 1. The number of thioether (sulfide) groups is 1. The number of hydrogen-bond acceptors (Lipinski definition) is 5. The van der Waals surface area contributed by atoms with Gasteiger partial charge >= 0.3 is 0 Å². The SMILES string of the molecule is Cc1cc(CN2CCSCC2)ccc1NC(=O)C1=NN(Cc2ccc(F)cc2)C(=O)CC1. The second-order valence-electron chi connectivity index (χ2n) is 8.12. The fraction of sp³-hybridized carbons (Fsp3) is 0.375. The van der Waals surface area contributed by atoms with Gasteiger partial charge in [-0.2, -0.15) is 16.9 Å². The van der Waals surface area contributed by atoms with Crippen LogP contribution in [-0.4, -0.2) is 52.0 Å². The van der Waals surface area contributed by atoms with Crippen molar-refractivity contribution in [2.45, 2.75) is 32.9 Å². The summed E-state index contributed by atoms with van der Waals surface area (Å²) in [6.45, 7) is 5.32. The van der Waals surface area contributed by atoms with Gasteiger partial charge in [-0.25, -0.2) is 9.40 Å². The molecule has 0 aromatic heterocycles. The minimum atomic E-state index is -0.335. The quantitative estimate of drug-likeness (QED) is 0.721. The first-order chi connectivity index (χ1) is 15.5. The summed E-state index contributed by atoms with van der Waals surface area (Å²) in [5.74, 6) is 1.57. The van der Waals surface area contributed by atoms with E-state index >= 15 is 0 Å². The molecule has 2 amide bonds. The smallest absolute Gasteiger partial charge is 0.271 e. The second-order valence-corrected chi connectivity index (χ2v) is 9.34. The first-order valence-corrected chi connectivity index (χ1v) is 12.0. The molecular formula is C24H27FN4O2S. The normalized spacial score (nSPS) is 17.2. The standard InChI is InChI=1S/C24H27FN4O2S/c1-17-14-19(15-28-10-12-32-13-11-28)4-7-21(17)26-24(31)22-8-9-23(30)29(27-22)16-18-2-5-20(25)6-3-18/h2-7,14H,8-13,15-16H2,1H3,(H,26,31). The van der Waals surface area contributed by atoms with Gasteiger partial charge in [0.05, 0.1) is 6.54 Å². The fourth-order valence-corrected chi connectivity index (χ4v) is 4.81. The third-order valence-electron chi connectivity index (χ3n) is 5.66. The molecule has 32 heavy (non-hydrogen) atoms. The Morgan fingerprint density at radius 3 is 2.50 bits per heavy atom. The zero-order valence-corrected chi connectivity index (χ0v) is 19.0. The molecular weight excluding hydrogens is 427 g/mol. The number of amides is 2. The monoisotopic (exact) mass is 454 g/mol. The van der Waals surface area contributed by atoms with Gasteiger partial charge < -0.3 is 5.32 Å². The number of benzene rings is 2. The van der Waals surface area contributed by atoms with E-state index in [1.165, 1.54) is 34.2 Å². The molecule has 2 aromatic carbocycles. The molecule has 0 spiro atoms. The van der Waals surface area contributed by atoms with Gasteiger partial charge in [-0.05, 0) is 41.8 Å². The molecule has 2 aromatic rings. The van der Waals surface area contributed by atoms with E-state index < -0.39 is 0 Å². The molecule has 1 saturated heterocycles. The van der Waals surface area contributed by atoms with Gasteiger partial charge in [0, 0.05) is 49.7 Å². The van der Waals surface area contributed by atoms with Crippen molar-refractivity contribution in [3.8, 4) is 0 Å². The van der Waals surface area contributed by atoms with Crippen molar-refractivity contribution in [1.82, 2.24) is 9.91 Å². The summed E-state index contributed by atoms with van der Waals surface area (Å²) in [5.41, 5.74) is 4.05. The number of nitrogens with one attached hydrogen (secondary N) is 1. The summed E-state index contributed by atoms with van der Waals surface area (Å²) in [7, 11) is 0. The number of halogens is 1. The number of anilines is 1. The molecule has 2 aliphatic rings. The molecule has 2 aliphatic heterocycles. The number of carbonyl (C=O) groups excluding carboxylic acids is 2. The molecule has 0 aliphatic carbocycles. The van der Waals surface area contributed by atoms with Crippen molar-refractivity contribution >= 4 is 35.0 Å². The van der Waals surface area contributed by atoms with E-state index in [2.05, 4.69) is 27.5 Å². The lowest BCUT2D eigenvalue weighted by molar-refractivity contribution is -0.132. The first-order valence-electron chi connectivity index (χ1n) is 10.8. The van der Waals surface area contributed by atoms with Crippen LogP contribution in [0, 0.1) is 12.7 Å². The number of rotatable bonds is 6. The molecule has 6 nitrogen and oxygen atoms in total. The lowest BCUT2D eigenvalue weighted by Gasteiger charge is -2.26. The summed E-state index contributed by atoms with van der Waals surface area (Å²) < 4.78 is 13.1. The summed E-state index contributed by atoms with van der Waals surface area (Å²) in [6.07, 6.45) is 0.522. The molecule has 0 atom stereocenters. The van der Waals surface area contributed by atoms with Gasteiger partial charge in [0.1, 0.15) is 11.5 Å². The van der Waals surface area contributed by atoms with Crippen LogP contribution < -0.4 is 5.32 Å². The van der Waals surface area contributed by atoms with Gasteiger partial charge in [-0.3, -0.25) is 14.5 Å². The Morgan fingerprint density at radius 1 is 1.06 bits per heavy atom. The van der Waals surface area contributed by atoms with Crippen LogP contribution in [0.1, 0.15) is 29.5 Å². The number of aryl methyl sites for hydroxylation is 1. The number of carbonyl (C=O) groups is 2. The summed E-state index contributed by atoms with van der Waals surface area (Å²) in [4.78, 5) is 27.5. The van der Waals surface area contributed by atoms with Crippen LogP contribution in [0.15, 0.2) is 47.6 Å². The van der Waals surface area contributed by atoms with Gasteiger partial charge in [0.25, 0.3) is 5.91 Å². The van der Waals surface area contributed by atoms with Gasteiger partial charge in [-0.1, -0.05) is 24.3 Å². The maximum absolute atomic E-state index is 13.1. The molecule has 2 heterocycles. The van der Waals surface area contributed by atoms with Gasteiger partial charge in [-0.15, -0.1) is 0 Å². The third-order valence-corrected chi connectivity index (χ3v) is 6.60. The van der Waals surface area contributed by atoms with Gasteiger partial charge in [0.15, 0.2) is 0 Å². The van der Waals surface area contributed by atoms with Crippen LogP contribution in [0.25, 0.3) is 0 Å². The molecule has 0 saturated carbocycles. The van der Waals surface area contributed by atoms with Crippen LogP contribution >= 0.6 is 11.8 Å². The largest absolute Gasteiger partial charge is 0.321 e. The van der Waals surface area contributed by atoms with E-state index in [4.69, 9.17) is 0 Å². The number of hydrogen-bond donors (Lipinski definition) is 1. The van der Waals surface area contributed by atoms with Gasteiger partial charge in [0.2, 0.25) is 5.91 Å². The molecule has 0 bridgehead atoms. The summed E-state index contributed by atoms with van der Waals surface area (Å²) in [5, 5.41) is 8.52. The van der Waals surface area contributed by atoms with Crippen LogP contribution in [0.2, 0.25) is 0 Å². The highest BCUT2D eigenvalue weighted by molar-refractivity contribution is 7.99. The van der Waals surface area contributed by atoms with E-state index in [0.717, 1.165) is 36.4 Å². The average molecular weight is 455 g/mol. The average Bonchev–Trinajstić information content (AvgIpc) is 2.79. The Kier molecular flexibility index (Phi) is 7.22. The van der Waals surface area contributed by atoms with E-state index in [1.54, 1.807) is 12.1 Å². The molecule has 168 valence electrons. The predicted molar refractivity (Wildman–Crippen MR) is 126 cm³/mol. The second kappa shape index (κ2) is 10.3. The van der Waals surface area contributed by atoms with Crippen LogP contribution in [-0.2, 0) is 22.7 Å². The van der Waals surface area contributed by atoms with E-state index in [9.17, 15) is 14.0 Å². The van der Waals surface area contributed by atoms with E-state index in [0.29, 0.717) is 12.1 Å². The Labute approximate surface area is 191 Å². The highest BCUT2D eigenvalue weighted by atomic mass is 32.2. The van der Waals surface area contributed by atoms with E-state index in [1.807, 2.05) is 24.8 Å². The molecule has 0 radical (unpaired) electrons. The molecule has 0 unspecified atom stereocenters. The highest BCUT2D eigenvalue weighted by Gasteiger charge is 2.25. The van der Waals surface area contributed by atoms with Crippen LogP contribution in [0.3, 0.4) is 0 Å². The fourth-order valence-electron chi connectivity index (χ4n) is 3.83. The van der Waals surface area contributed by atoms with Crippen molar-refractivity contribution in [1.29, 1.82) is 0 Å². The molecule has 8 heteroatoms. The lowest BCUT2D eigenvalue weighted by Crippen LogP contribution is -2.36. The zero-order chi connectivity index (χ0) is 22.5. The minimum absolute atomic E-state index is 0.150. The lowest BCUT2D eigenvalue weighted by atomic mass is 10.1. The third kappa shape index (κ3) is 5.75. The topological polar surface area (TPSA) is 65.0 Å². The molecule has 4 rings (SSSR count). The first kappa shape index (κ1) is 22.5. The Hall–Kier alpha value is -2.71. The van der Waals surface area contributed by atoms with Crippen molar-refractivity contribution < 1.29 is 14.0 Å². The Balaban J connectivity index is 1.40. The highest BCUT2D eigenvalue weighted by Crippen LogP contribution is 2.21. The van der Waals surface area contributed by atoms with Crippen LogP contribution in [0.5, 0.6) is 0 Å². The van der Waals surface area contributed by atoms with E-state index in [-0.39, 0.29) is 30.6 Å². The van der Waals surface area contributed by atoms with Crippen molar-refractivity contribution in [2.75, 3.05) is 29.9 Å². The minimum Gasteiger partial charge on any atom is -0.321 e. The van der Waals surface area contributed by atoms with Crippen molar-refractivity contribution in [3.63, 3.8) is 0 Å². The van der Waals surface area contributed by atoms with Crippen LogP contribution in [0.4, 0.5) is 10.1 Å². The summed E-state index contributed by atoms with van der Waals surface area (Å²) >= 11 is 2.00. The van der Waals surface area contributed by atoms with Crippen molar-refractivity contribution in [3.05, 3.63) is 65.0 Å².